The van der Waals surface area contributed by atoms with Crippen molar-refractivity contribution in [2.75, 3.05) is 0 Å². The number of hydrogen-bond acceptors (Lipinski definition) is 2. The maximum Gasteiger partial charge on any atom is 0.200 e. The van der Waals surface area contributed by atoms with E-state index >= 15 is 8.78 Å². The number of H-pyrrole nitrogens is 2. The maximum atomic E-state index is 15.5. The summed E-state index contributed by atoms with van der Waals surface area (Å²) in [6.07, 6.45) is 0. The van der Waals surface area contributed by atoms with Crippen LogP contribution in [-0.4, -0.2) is 19.9 Å². The summed E-state index contributed by atoms with van der Waals surface area (Å²) in [5.41, 5.74) is 1.12. The quantitative estimate of drug-likeness (QED) is 0.113. The molecule has 2 N–H and O–H groups in total. The molecule has 17 heteroatoms. The lowest BCUT2D eigenvalue weighted by Gasteiger charge is -2.12. The molecule has 0 unspecified atom stereocenters. The first-order chi connectivity index (χ1) is 20.2. The smallest absolute Gasteiger partial charge is 0.200 e. The molecule has 4 aromatic rings. The lowest BCUT2D eigenvalue weighted by molar-refractivity contribution is 0.381. The summed E-state index contributed by atoms with van der Waals surface area (Å²) in [6.45, 7) is 0. The Morgan fingerprint density at radius 2 is 0.744 bits per heavy atom. The van der Waals surface area contributed by atoms with Crippen molar-refractivity contribution in [3.8, 4) is 11.1 Å². The average molecular weight is 1110 g/mol. The Labute approximate surface area is 305 Å². The van der Waals surface area contributed by atoms with E-state index < -0.39 is 40.2 Å². The van der Waals surface area contributed by atoms with Crippen LogP contribution in [0.15, 0.2) is 36.1 Å². The third kappa shape index (κ3) is 5.15. The molecule has 0 spiro atoms. The zero-order valence-corrected chi connectivity index (χ0v) is 32.7. The van der Waals surface area contributed by atoms with E-state index in [9.17, 15) is 13.2 Å². The molecule has 43 heavy (non-hydrogen) atoms. The number of hydrogen-bond donors (Lipinski definition) is 2. The van der Waals surface area contributed by atoms with Crippen molar-refractivity contribution in [2.24, 2.45) is 0 Å². The molecule has 0 saturated heterocycles. The normalized spacial score (nSPS) is 13.5. The van der Waals surface area contributed by atoms with Crippen LogP contribution in [0.3, 0.4) is 0 Å². The molecule has 2 aliphatic rings. The molecule has 2 aliphatic heterocycles. The molecule has 3 aromatic heterocycles. The average Bonchev–Trinajstić information content (AvgIpc) is 3.61. The largest absolute Gasteiger partial charge is 0.353 e. The van der Waals surface area contributed by atoms with Crippen LogP contribution in [0.25, 0.3) is 51.1 Å². The van der Waals surface area contributed by atoms with Gasteiger partial charge in [-0.05, 0) is 146 Å². The molecule has 0 saturated carbocycles. The summed E-state index contributed by atoms with van der Waals surface area (Å²) in [5.74, 6) is -10.6. The molecule has 0 amide bonds. The van der Waals surface area contributed by atoms with E-state index in [1.54, 1.807) is 12.1 Å². The zero-order chi connectivity index (χ0) is 31.2. The molecule has 4 nitrogen and oxygen atoms in total. The van der Waals surface area contributed by atoms with Crippen LogP contribution in [0, 0.1) is 29.1 Å². The predicted octanol–water partition coefficient (Wildman–Crippen LogP) is 13.0. The van der Waals surface area contributed by atoms with Crippen molar-refractivity contribution in [1.29, 1.82) is 0 Å². The fourth-order valence-electron chi connectivity index (χ4n) is 4.36. The lowest BCUT2D eigenvalue weighted by Crippen LogP contribution is -2.06. The fourth-order valence-corrected chi connectivity index (χ4v) is 7.83. The topological polar surface area (TPSA) is 57.4 Å². The van der Waals surface area contributed by atoms with E-state index in [-0.39, 0.29) is 31.7 Å². The second-order valence-electron chi connectivity index (χ2n) is 8.86. The van der Waals surface area contributed by atoms with Crippen LogP contribution in [0.2, 0.25) is 0 Å². The third-order valence-electron chi connectivity index (χ3n) is 6.37. The van der Waals surface area contributed by atoms with Gasteiger partial charge in [0, 0.05) is 5.56 Å². The first kappa shape index (κ1) is 32.3. The predicted molar refractivity (Wildman–Crippen MR) is 186 cm³/mol. The summed E-state index contributed by atoms with van der Waals surface area (Å²) >= 11 is 28.0. The molecular weight excluding hydrogens is 1100 g/mol. The number of rotatable bonds is 1. The molecule has 1 aromatic carbocycles. The molecule has 8 bridgehead atoms. The van der Waals surface area contributed by atoms with Crippen LogP contribution < -0.4 is 0 Å². The zero-order valence-electron chi connectivity index (χ0n) is 20.0. The second kappa shape index (κ2) is 11.8. The van der Waals surface area contributed by atoms with Gasteiger partial charge in [-0.1, -0.05) is 0 Å². The van der Waals surface area contributed by atoms with Gasteiger partial charge in [0.1, 0.15) is 0 Å². The van der Waals surface area contributed by atoms with E-state index in [2.05, 4.69) is 147 Å². The highest BCUT2D eigenvalue weighted by Crippen LogP contribution is 2.50. The van der Waals surface area contributed by atoms with Gasteiger partial charge in [0.15, 0.2) is 23.3 Å². The summed E-state index contributed by atoms with van der Waals surface area (Å²) in [6, 6.07) is 5.14. The molecule has 5 heterocycles. The minimum Gasteiger partial charge on any atom is -0.353 e. The number of aromatic amines is 2. The Kier molecular flexibility index (Phi) is 8.88. The Morgan fingerprint density at radius 3 is 1.12 bits per heavy atom. The lowest BCUT2D eigenvalue weighted by atomic mass is 10.00. The summed E-state index contributed by atoms with van der Waals surface area (Å²) in [4.78, 5) is 15.7. The Hall–Kier alpha value is -0.690. The highest BCUT2D eigenvalue weighted by Gasteiger charge is 2.34. The van der Waals surface area contributed by atoms with E-state index in [1.165, 1.54) is 0 Å². The van der Waals surface area contributed by atoms with Gasteiger partial charge < -0.3 is 9.97 Å². The number of fused-ring (bicyclic) bond motifs is 8. The Balaban J connectivity index is 1.92. The van der Waals surface area contributed by atoms with Gasteiger partial charge in [0.2, 0.25) is 5.82 Å². The molecule has 6 rings (SSSR count). The van der Waals surface area contributed by atoms with Crippen molar-refractivity contribution < 1.29 is 22.0 Å². The molecule has 0 atom stereocenters. The van der Waals surface area contributed by atoms with Gasteiger partial charge in [0.25, 0.3) is 0 Å². The standard InChI is InChI=1S/C26H5Br8F5N4/c27-12-4-1-5-13(28)15(30)7(41-5)3-9-17(32)19(34)26(43-9)11(10-20(35)22(37)24(39)23(38)21(10)36)25-18(33)16(31)8(42-25)2-6(40-4)14(12)29/h1-3,40-41H. The first-order valence-electron chi connectivity index (χ1n) is 11.3. The van der Waals surface area contributed by atoms with Crippen LogP contribution >= 0.6 is 127 Å². The van der Waals surface area contributed by atoms with Crippen LogP contribution in [0.5, 0.6) is 0 Å². The van der Waals surface area contributed by atoms with Crippen molar-refractivity contribution in [2.45, 2.75) is 0 Å². The minimum absolute atomic E-state index is 0.134. The minimum atomic E-state index is -2.28. The van der Waals surface area contributed by atoms with Crippen molar-refractivity contribution in [1.82, 2.24) is 19.9 Å². The maximum absolute atomic E-state index is 15.5. The molecule has 220 valence electrons. The summed E-state index contributed by atoms with van der Waals surface area (Å²) < 4.78 is 77.9. The van der Waals surface area contributed by atoms with Gasteiger partial charge in [-0.3, -0.25) is 0 Å². The first-order valence-corrected chi connectivity index (χ1v) is 17.7. The van der Waals surface area contributed by atoms with E-state index in [4.69, 9.17) is 0 Å². The van der Waals surface area contributed by atoms with Crippen LogP contribution in [0.1, 0.15) is 22.8 Å². The number of nitrogens with zero attached hydrogens (tertiary/aromatic N) is 2. The van der Waals surface area contributed by atoms with Gasteiger partial charge in [-0.25, -0.2) is 31.9 Å². The highest BCUT2D eigenvalue weighted by atomic mass is 79.9. The van der Waals surface area contributed by atoms with Gasteiger partial charge in [-0.15, -0.1) is 0 Å². The van der Waals surface area contributed by atoms with Gasteiger partial charge in [-0.2, -0.15) is 0 Å². The highest BCUT2D eigenvalue weighted by molar-refractivity contribution is 9.18. The van der Waals surface area contributed by atoms with Crippen LogP contribution in [0.4, 0.5) is 22.0 Å². The van der Waals surface area contributed by atoms with Crippen molar-refractivity contribution in [3.05, 3.63) is 88.0 Å². The molecule has 0 fully saturated rings. The van der Waals surface area contributed by atoms with E-state index in [0.29, 0.717) is 48.9 Å². The second-order valence-corrected chi connectivity index (χ2v) is 15.2. The number of nitrogens with one attached hydrogen (secondary N) is 2. The summed E-state index contributed by atoms with van der Waals surface area (Å²) in [7, 11) is 0. The molecular formula is C26H5Br8F5N4. The number of benzene rings is 1. The van der Waals surface area contributed by atoms with Gasteiger partial charge >= 0.3 is 0 Å². The molecule has 0 radical (unpaired) electrons. The van der Waals surface area contributed by atoms with Crippen LogP contribution in [-0.2, 0) is 0 Å². The van der Waals surface area contributed by atoms with E-state index in [0.717, 1.165) is 0 Å². The number of aromatic nitrogens is 4. The number of halogens is 13. The van der Waals surface area contributed by atoms with Crippen molar-refractivity contribution >= 4 is 167 Å². The Bertz CT molecular complexity index is 2040. The Morgan fingerprint density at radius 1 is 0.419 bits per heavy atom. The fraction of sp³-hybridized carbons (Fsp3) is 0. The monoisotopic (exact) mass is 1100 g/mol. The summed E-state index contributed by atoms with van der Waals surface area (Å²) in [5, 5.41) is 0. The van der Waals surface area contributed by atoms with Gasteiger partial charge in [0.05, 0.1) is 86.2 Å². The van der Waals surface area contributed by atoms with Crippen molar-refractivity contribution in [3.63, 3.8) is 0 Å². The van der Waals surface area contributed by atoms with E-state index in [1.807, 2.05) is 6.07 Å². The SMILES string of the molecule is Fc1c(F)c(F)c(-c2c3nc(cc4[nH]c(cc5[nH]c(cc6nc2C(Br)=C6Br)c(Br)c5Br)c(Br)c4Br)C(Br)=C3Br)c(F)c1F. The molecule has 0 aliphatic carbocycles. The third-order valence-corrected chi connectivity index (χ3v) is 14.9.